The van der Waals surface area contributed by atoms with Crippen molar-refractivity contribution in [3.05, 3.63) is 55.4 Å². The Hall–Kier alpha value is -4.20. The van der Waals surface area contributed by atoms with E-state index in [-0.39, 0.29) is 27.5 Å². The summed E-state index contributed by atoms with van der Waals surface area (Å²) in [4.78, 5) is 40.7. The van der Waals surface area contributed by atoms with Crippen LogP contribution in [-0.4, -0.2) is 166 Å². The molecule has 0 radical (unpaired) electrons. The molecule has 398 valence electrons. The Kier molecular flexibility index (Phi) is 15.6. The molecule has 0 atom stereocenters. The summed E-state index contributed by atoms with van der Waals surface area (Å²) in [5.74, 6) is 1.83. The van der Waals surface area contributed by atoms with Gasteiger partial charge in [-0.05, 0) is 88.4 Å². The van der Waals surface area contributed by atoms with Crippen LogP contribution in [0.25, 0.3) is 42.9 Å². The summed E-state index contributed by atoms with van der Waals surface area (Å²) in [5.41, 5.74) is 7.45. The Balaban J connectivity index is 0.000000175. The lowest BCUT2D eigenvalue weighted by atomic mass is 10.0. The van der Waals surface area contributed by atoms with Gasteiger partial charge in [0, 0.05) is 114 Å². The quantitative estimate of drug-likeness (QED) is 0.103. The van der Waals surface area contributed by atoms with Crippen molar-refractivity contribution in [2.24, 2.45) is 0 Å². The molecule has 3 aliphatic heterocycles. The number of fused-ring (bicyclic) bond motifs is 2. The van der Waals surface area contributed by atoms with Crippen molar-refractivity contribution in [2.75, 3.05) is 103 Å². The number of hydrogen-bond acceptors (Lipinski definition) is 20. The third kappa shape index (κ3) is 11.6. The second-order valence-electron chi connectivity index (χ2n) is 20.6. The van der Waals surface area contributed by atoms with E-state index in [1.807, 2.05) is 19.1 Å². The average molecular weight is 1150 g/mol. The first-order valence-electron chi connectivity index (χ1n) is 25.3. The van der Waals surface area contributed by atoms with Crippen LogP contribution in [0.2, 0.25) is 0 Å². The molecular weight excluding hydrogens is 1090 g/mol. The van der Waals surface area contributed by atoms with E-state index < -0.39 is 19.7 Å². The third-order valence-corrected chi connectivity index (χ3v) is 22.2. The lowest BCUT2D eigenvalue weighted by Gasteiger charge is -2.42. The first kappa shape index (κ1) is 53.2. The van der Waals surface area contributed by atoms with Crippen LogP contribution in [-0.2, 0) is 47.2 Å². The van der Waals surface area contributed by atoms with Gasteiger partial charge in [-0.2, -0.15) is 0 Å². The van der Waals surface area contributed by atoms with Crippen LogP contribution in [0, 0.1) is 13.8 Å². The monoisotopic (exact) mass is 1150 g/mol. The Morgan fingerprint density at radius 2 is 1.09 bits per heavy atom. The van der Waals surface area contributed by atoms with E-state index in [1.165, 1.54) is 24.7 Å². The maximum Gasteiger partial charge on any atom is 0.226 e. The number of sulfone groups is 2. The topological polar surface area (TPSA) is 196 Å². The van der Waals surface area contributed by atoms with Crippen LogP contribution in [0.5, 0.6) is 11.8 Å². The minimum Gasteiger partial charge on any atom is -0.481 e. The molecule has 0 aromatic carbocycles. The minimum absolute atomic E-state index is 0.0819. The molecule has 2 saturated carbocycles. The van der Waals surface area contributed by atoms with Gasteiger partial charge in [0.15, 0.2) is 19.7 Å². The number of pyridine rings is 2. The Labute approximate surface area is 450 Å². The molecule has 74 heavy (non-hydrogen) atoms. The van der Waals surface area contributed by atoms with Crippen LogP contribution in [0.4, 0.5) is 11.9 Å². The van der Waals surface area contributed by atoms with Crippen LogP contribution >= 0.6 is 38.6 Å². The fourth-order valence-electron chi connectivity index (χ4n) is 9.71. The third-order valence-electron chi connectivity index (χ3n) is 14.3. The molecule has 18 nitrogen and oxygen atoms in total. The zero-order valence-electron chi connectivity index (χ0n) is 43.1. The van der Waals surface area contributed by atoms with Crippen LogP contribution < -0.4 is 19.3 Å². The minimum atomic E-state index is -3.25. The van der Waals surface area contributed by atoms with Gasteiger partial charge in [0.05, 0.1) is 93.4 Å². The number of hydrogen-bond donors (Lipinski definition) is 0. The van der Waals surface area contributed by atoms with E-state index >= 15 is 0 Å². The molecule has 0 amide bonds. The lowest BCUT2D eigenvalue weighted by molar-refractivity contribution is 0.0592. The molecule has 6 aromatic rings. The van der Waals surface area contributed by atoms with Crippen molar-refractivity contribution < 1.29 is 35.8 Å². The summed E-state index contributed by atoms with van der Waals surface area (Å²) in [6.07, 6.45) is 6.37. The second kappa shape index (κ2) is 21.7. The number of halogens is 1. The average Bonchev–Trinajstić information content (AvgIpc) is 4.34. The van der Waals surface area contributed by atoms with Crippen molar-refractivity contribution in [1.29, 1.82) is 0 Å². The van der Waals surface area contributed by atoms with Crippen molar-refractivity contribution in [2.45, 2.75) is 94.4 Å². The standard InChI is InChI=1S/C30H42N6O4S2.C21H23BrN4O4S2/c1-20-24(18-34-8-10-36(11-9-34)30(2,3)4)26-27(41-20)25(32-29(33-26)35-12-14-40-15-13-35)21-16-22(28(39-5)31-17-21)19-42(37,38)23-6-7-23;1-12-16(22)18-19(31-12)17(24-21(25-18)26-5-7-30-8-6-26)13-9-14(20(29-2)23-10-13)11-32(27,28)15-3-4-15/h16-17,23H,6-15,18-19H2,1-5H3;9-10,15H,3-8,11H2,1-2H3. The van der Waals surface area contributed by atoms with Crippen molar-refractivity contribution in [1.82, 2.24) is 39.7 Å². The molecule has 6 aromatic heterocycles. The predicted molar refractivity (Wildman–Crippen MR) is 296 cm³/mol. The number of aromatic nitrogens is 6. The fraction of sp³-hybridized carbons (Fsp3) is 0.569. The Morgan fingerprint density at radius 1 is 0.649 bits per heavy atom. The summed E-state index contributed by atoms with van der Waals surface area (Å²) in [6, 6.07) is 3.75. The van der Waals surface area contributed by atoms with Gasteiger partial charge in [0.25, 0.3) is 0 Å². The normalized spacial score (nSPS) is 18.5. The molecule has 5 aliphatic rings. The van der Waals surface area contributed by atoms with Crippen molar-refractivity contribution in [3.8, 4) is 34.3 Å². The highest BCUT2D eigenvalue weighted by Gasteiger charge is 2.38. The molecule has 9 heterocycles. The molecule has 0 bridgehead atoms. The van der Waals surface area contributed by atoms with Crippen LogP contribution in [0.1, 0.15) is 72.9 Å². The van der Waals surface area contributed by atoms with Gasteiger partial charge in [-0.15, -0.1) is 22.7 Å². The number of nitrogens with zero attached hydrogens (tertiary/aromatic N) is 10. The molecule has 23 heteroatoms. The van der Waals surface area contributed by atoms with Gasteiger partial charge >= 0.3 is 0 Å². The highest BCUT2D eigenvalue weighted by atomic mass is 79.9. The highest BCUT2D eigenvalue weighted by molar-refractivity contribution is 9.10. The number of ether oxygens (including phenoxy) is 4. The lowest BCUT2D eigenvalue weighted by Crippen LogP contribution is -2.53. The second-order valence-corrected chi connectivity index (χ2v) is 28.4. The SMILES string of the molecule is COc1ncc(-c2nc(N3CCOCC3)nc3c(Br)c(C)sc23)cc1CS(=O)(=O)C1CC1.COc1ncc(-c2nc(N3CCOCC3)nc3c(CN4CCN(C(C)(C)C)CC4)c(C)sc23)cc1CS(=O)(=O)C1CC1. The zero-order valence-corrected chi connectivity index (χ0v) is 48.0. The molecule has 11 rings (SSSR count). The van der Waals surface area contributed by atoms with Gasteiger partial charge in [0.1, 0.15) is 5.52 Å². The Morgan fingerprint density at radius 3 is 1.54 bits per heavy atom. The van der Waals surface area contributed by atoms with E-state index in [4.69, 9.17) is 38.9 Å². The maximum absolute atomic E-state index is 12.9. The molecular formula is C51H65BrN10O8S4. The zero-order chi connectivity index (χ0) is 52.1. The molecule has 0 unspecified atom stereocenters. The molecule has 3 saturated heterocycles. The fourth-order valence-corrected chi connectivity index (χ4v) is 15.9. The van der Waals surface area contributed by atoms with Crippen LogP contribution in [0.15, 0.2) is 29.0 Å². The van der Waals surface area contributed by atoms with E-state index in [0.29, 0.717) is 61.2 Å². The highest BCUT2D eigenvalue weighted by Crippen LogP contribution is 2.43. The van der Waals surface area contributed by atoms with E-state index in [9.17, 15) is 16.8 Å². The first-order chi connectivity index (χ1) is 35.4. The molecule has 0 N–H and O–H groups in total. The summed E-state index contributed by atoms with van der Waals surface area (Å²) >= 11 is 6.99. The molecule has 5 fully saturated rings. The number of aryl methyl sites for hydroxylation is 2. The summed E-state index contributed by atoms with van der Waals surface area (Å²) < 4.78 is 76.1. The van der Waals surface area contributed by atoms with E-state index in [1.54, 1.807) is 35.1 Å². The number of rotatable bonds is 14. The van der Waals surface area contributed by atoms with Crippen molar-refractivity contribution in [3.63, 3.8) is 0 Å². The largest absolute Gasteiger partial charge is 0.481 e. The number of methoxy groups -OCH3 is 2. The van der Waals surface area contributed by atoms with Crippen LogP contribution in [0.3, 0.4) is 0 Å². The predicted octanol–water partition coefficient (Wildman–Crippen LogP) is 7.65. The molecule has 0 spiro atoms. The smallest absolute Gasteiger partial charge is 0.226 e. The van der Waals surface area contributed by atoms with Gasteiger partial charge in [0.2, 0.25) is 23.7 Å². The first-order valence-corrected chi connectivity index (χ1v) is 31.2. The van der Waals surface area contributed by atoms with E-state index in [0.717, 1.165) is 137 Å². The van der Waals surface area contributed by atoms with E-state index in [2.05, 4.69) is 73.2 Å². The van der Waals surface area contributed by atoms with Crippen molar-refractivity contribution >= 4 is 90.6 Å². The maximum atomic E-state index is 12.9. The Bertz CT molecular complexity index is 3270. The van der Waals surface area contributed by atoms with Gasteiger partial charge in [-0.1, -0.05) is 0 Å². The molecule has 2 aliphatic carbocycles. The number of anilines is 2. The van der Waals surface area contributed by atoms with Gasteiger partial charge < -0.3 is 28.7 Å². The van der Waals surface area contributed by atoms with Gasteiger partial charge in [-0.25, -0.2) is 46.7 Å². The van der Waals surface area contributed by atoms with Gasteiger partial charge in [-0.3, -0.25) is 9.80 Å². The number of piperazine rings is 1. The number of thiophene rings is 2. The summed E-state index contributed by atoms with van der Waals surface area (Å²) in [6.45, 7) is 21.5. The number of morpholine rings is 2. The summed E-state index contributed by atoms with van der Waals surface area (Å²) in [5, 5.41) is -0.497. The summed E-state index contributed by atoms with van der Waals surface area (Å²) in [7, 11) is -3.43.